The fourth-order valence-corrected chi connectivity index (χ4v) is 3.72. The van der Waals surface area contributed by atoms with Crippen molar-refractivity contribution >= 4 is 19.6 Å². The van der Waals surface area contributed by atoms with Crippen LogP contribution in [0.25, 0.3) is 0 Å². The third-order valence-corrected chi connectivity index (χ3v) is 4.79. The van der Waals surface area contributed by atoms with Gasteiger partial charge in [-0.05, 0) is 0 Å². The molecule has 1 rings (SSSR count). The predicted molar refractivity (Wildman–Crippen MR) is 72.7 cm³/mol. The third kappa shape index (κ3) is 3.33. The van der Waals surface area contributed by atoms with Crippen LogP contribution >= 0.6 is 0 Å². The molecule has 1 nitrogen and oxygen atoms in total. The van der Waals surface area contributed by atoms with Crippen molar-refractivity contribution in [2.75, 3.05) is 14.1 Å². The van der Waals surface area contributed by atoms with Crippen molar-refractivity contribution in [2.24, 2.45) is 0 Å². The van der Waals surface area contributed by atoms with Gasteiger partial charge in [0.2, 0.25) is 0 Å². The number of nitrogens with zero attached hydrogens (tertiary/aromatic N) is 1. The number of rotatable bonds is 5. The molecule has 1 aromatic rings. The van der Waals surface area contributed by atoms with E-state index in [0.29, 0.717) is 20.9 Å². The van der Waals surface area contributed by atoms with Crippen LogP contribution in [0.15, 0.2) is 43.0 Å². The zero-order valence-electron chi connectivity index (χ0n) is 10.3. The standard InChI is InChI=1S/C14H20NSe/c1-5-9-13(14(16-4)15(2)3)12-10-7-6-8-11-12/h5-8,10-11,13H,1,9H2,2-4H3/q+1. The van der Waals surface area contributed by atoms with Gasteiger partial charge in [-0.25, -0.2) is 0 Å². The molecule has 0 radical (unpaired) electrons. The van der Waals surface area contributed by atoms with Crippen molar-refractivity contribution in [1.82, 2.24) is 0 Å². The van der Waals surface area contributed by atoms with E-state index in [1.54, 1.807) is 0 Å². The second-order valence-corrected chi connectivity index (χ2v) is 5.66. The van der Waals surface area contributed by atoms with E-state index in [-0.39, 0.29) is 0 Å². The molecule has 0 aliphatic carbocycles. The average molecular weight is 281 g/mol. The summed E-state index contributed by atoms with van der Waals surface area (Å²) < 4.78 is 3.79. The fourth-order valence-electron chi connectivity index (χ4n) is 1.87. The van der Waals surface area contributed by atoms with Crippen molar-refractivity contribution < 1.29 is 4.58 Å². The van der Waals surface area contributed by atoms with E-state index in [0.717, 1.165) is 6.42 Å². The third-order valence-electron chi connectivity index (χ3n) is 2.55. The van der Waals surface area contributed by atoms with Crippen LogP contribution in [0.5, 0.6) is 0 Å². The number of hydrogen-bond acceptors (Lipinski definition) is 0. The van der Waals surface area contributed by atoms with Gasteiger partial charge < -0.3 is 0 Å². The molecule has 0 aliphatic rings. The first-order chi connectivity index (χ1) is 7.70. The molecule has 0 bridgehead atoms. The molecule has 0 spiro atoms. The van der Waals surface area contributed by atoms with Crippen molar-refractivity contribution in [1.29, 1.82) is 0 Å². The van der Waals surface area contributed by atoms with Crippen LogP contribution in [-0.4, -0.2) is 38.2 Å². The maximum absolute atomic E-state index is 3.88. The van der Waals surface area contributed by atoms with Gasteiger partial charge in [0.25, 0.3) is 0 Å². The molecular weight excluding hydrogens is 261 g/mol. The summed E-state index contributed by atoms with van der Waals surface area (Å²) in [5.41, 5.74) is 1.40. The fraction of sp³-hybridized carbons (Fsp3) is 0.357. The second kappa shape index (κ2) is 6.67. The Kier molecular flexibility index (Phi) is 5.51. The van der Waals surface area contributed by atoms with Gasteiger partial charge in [0.1, 0.15) is 0 Å². The quantitative estimate of drug-likeness (QED) is 0.338. The van der Waals surface area contributed by atoms with E-state index in [4.69, 9.17) is 0 Å². The molecule has 0 aromatic heterocycles. The topological polar surface area (TPSA) is 3.01 Å². The van der Waals surface area contributed by atoms with Gasteiger partial charge in [-0.15, -0.1) is 0 Å². The molecule has 1 unspecified atom stereocenters. The van der Waals surface area contributed by atoms with Crippen LogP contribution < -0.4 is 0 Å². The summed E-state index contributed by atoms with van der Waals surface area (Å²) in [5.74, 6) is 2.78. The van der Waals surface area contributed by atoms with E-state index < -0.39 is 0 Å². The molecule has 86 valence electrons. The zero-order valence-corrected chi connectivity index (χ0v) is 12.0. The summed E-state index contributed by atoms with van der Waals surface area (Å²) in [4.78, 5) is 0. The first-order valence-electron chi connectivity index (χ1n) is 5.44. The van der Waals surface area contributed by atoms with Crippen LogP contribution in [0, 0.1) is 0 Å². The normalized spacial score (nSPS) is 11.9. The van der Waals surface area contributed by atoms with Crippen molar-refractivity contribution in [2.45, 2.75) is 18.2 Å². The molecule has 0 N–H and O–H groups in total. The minimum atomic E-state index is 0.499. The molecule has 0 saturated heterocycles. The van der Waals surface area contributed by atoms with E-state index in [1.165, 1.54) is 10.2 Å². The second-order valence-electron chi connectivity index (χ2n) is 3.92. The SMILES string of the molecule is C=CCC(C([Se]C)=[N+](C)C)c1ccccc1. The number of allylic oxidation sites excluding steroid dienone is 1. The van der Waals surface area contributed by atoms with Crippen molar-refractivity contribution in [3.8, 4) is 0 Å². The van der Waals surface area contributed by atoms with Gasteiger partial charge in [0.05, 0.1) is 0 Å². The molecular formula is C14H20NSe+. The Balaban J connectivity index is 3.09. The van der Waals surface area contributed by atoms with Gasteiger partial charge in [-0.2, -0.15) is 0 Å². The Bertz CT molecular complexity index is 364. The van der Waals surface area contributed by atoms with Crippen LogP contribution in [0.3, 0.4) is 0 Å². The molecule has 2 heteroatoms. The first-order valence-corrected chi connectivity index (χ1v) is 8.01. The average Bonchev–Trinajstić information content (AvgIpc) is 2.29. The van der Waals surface area contributed by atoms with Gasteiger partial charge >= 0.3 is 105 Å². The molecule has 0 aliphatic heterocycles. The van der Waals surface area contributed by atoms with Crippen LogP contribution in [0.1, 0.15) is 17.9 Å². The summed E-state index contributed by atoms with van der Waals surface area (Å²) in [6, 6.07) is 10.7. The van der Waals surface area contributed by atoms with Crippen LogP contribution in [-0.2, 0) is 0 Å². The molecule has 0 saturated carbocycles. The van der Waals surface area contributed by atoms with Crippen LogP contribution in [0.4, 0.5) is 0 Å². The molecule has 0 amide bonds. The molecule has 0 fully saturated rings. The predicted octanol–water partition coefficient (Wildman–Crippen LogP) is 2.77. The van der Waals surface area contributed by atoms with Gasteiger partial charge in [-0.3, -0.25) is 0 Å². The Morgan fingerprint density at radius 3 is 2.44 bits per heavy atom. The zero-order chi connectivity index (χ0) is 12.0. The molecule has 0 heterocycles. The van der Waals surface area contributed by atoms with E-state index in [2.05, 4.69) is 61.4 Å². The van der Waals surface area contributed by atoms with Gasteiger partial charge in [-0.1, -0.05) is 0 Å². The summed E-state index contributed by atoms with van der Waals surface area (Å²) in [7, 11) is 4.28. The summed E-state index contributed by atoms with van der Waals surface area (Å²) in [6.07, 6.45) is 3.04. The molecule has 1 atom stereocenters. The number of hydrogen-bond donors (Lipinski definition) is 0. The molecule has 16 heavy (non-hydrogen) atoms. The van der Waals surface area contributed by atoms with Crippen LogP contribution in [0.2, 0.25) is 5.82 Å². The summed E-state index contributed by atoms with van der Waals surface area (Å²) in [6.45, 7) is 3.88. The van der Waals surface area contributed by atoms with Gasteiger partial charge in [0.15, 0.2) is 0 Å². The van der Waals surface area contributed by atoms with Crippen molar-refractivity contribution in [3.05, 3.63) is 48.6 Å². The van der Waals surface area contributed by atoms with Gasteiger partial charge in [0, 0.05) is 0 Å². The Morgan fingerprint density at radius 1 is 1.38 bits per heavy atom. The summed E-state index contributed by atoms with van der Waals surface area (Å²) in [5, 5.41) is 0. The minimum absolute atomic E-state index is 0.499. The maximum atomic E-state index is 3.88. The Hall–Kier alpha value is -0.851. The monoisotopic (exact) mass is 282 g/mol. The molecule has 1 aromatic carbocycles. The van der Waals surface area contributed by atoms with E-state index in [9.17, 15) is 0 Å². The summed E-state index contributed by atoms with van der Waals surface area (Å²) >= 11 is 0.535. The Morgan fingerprint density at radius 2 is 2.00 bits per heavy atom. The van der Waals surface area contributed by atoms with Crippen molar-refractivity contribution in [3.63, 3.8) is 0 Å². The van der Waals surface area contributed by atoms with E-state index in [1.807, 2.05) is 6.08 Å². The first kappa shape index (κ1) is 13.2. The number of benzene rings is 1. The Labute approximate surface area is 105 Å². The van der Waals surface area contributed by atoms with E-state index >= 15 is 0 Å².